The normalized spacial score (nSPS) is 18.2. The van der Waals surface area contributed by atoms with E-state index in [1.54, 1.807) is 14.1 Å². The zero-order chi connectivity index (χ0) is 24.7. The highest BCUT2D eigenvalue weighted by molar-refractivity contribution is 6.01. The highest BCUT2D eigenvalue weighted by Crippen LogP contribution is 2.44. The van der Waals surface area contributed by atoms with Gasteiger partial charge in [0, 0.05) is 32.3 Å². The SMILES string of the molecule is CN(C(=O)c1cn(C)nc1NC(=O)OCC1c2ccccc2-c2ccccc21)C1CC(C(=O)O)C1. The Morgan fingerprint density at radius 1 is 1.09 bits per heavy atom. The van der Waals surface area contributed by atoms with Crippen LogP contribution >= 0.6 is 0 Å². The van der Waals surface area contributed by atoms with Gasteiger partial charge in [-0.3, -0.25) is 19.6 Å². The van der Waals surface area contributed by atoms with E-state index in [1.807, 2.05) is 36.4 Å². The van der Waals surface area contributed by atoms with Gasteiger partial charge in [-0.1, -0.05) is 48.5 Å². The van der Waals surface area contributed by atoms with Crippen molar-refractivity contribution in [3.05, 3.63) is 71.4 Å². The molecule has 1 heterocycles. The van der Waals surface area contributed by atoms with Gasteiger partial charge in [-0.15, -0.1) is 0 Å². The van der Waals surface area contributed by atoms with E-state index in [2.05, 4.69) is 22.5 Å². The zero-order valence-electron chi connectivity index (χ0n) is 19.5. The molecule has 9 heteroatoms. The van der Waals surface area contributed by atoms with Crippen molar-refractivity contribution in [3.8, 4) is 11.1 Å². The van der Waals surface area contributed by atoms with Crippen LogP contribution in [0.1, 0.15) is 40.2 Å². The summed E-state index contributed by atoms with van der Waals surface area (Å²) in [5.74, 6) is -1.58. The number of amides is 2. The quantitative estimate of drug-likeness (QED) is 0.563. The Balaban J connectivity index is 1.25. The molecule has 2 aliphatic rings. The number of benzene rings is 2. The number of carbonyl (C=O) groups excluding carboxylic acids is 2. The van der Waals surface area contributed by atoms with Gasteiger partial charge in [-0.05, 0) is 35.1 Å². The number of carboxylic acid groups (broad SMARTS) is 1. The molecule has 0 saturated heterocycles. The van der Waals surface area contributed by atoms with Crippen molar-refractivity contribution < 1.29 is 24.2 Å². The fourth-order valence-corrected chi connectivity index (χ4v) is 4.93. The van der Waals surface area contributed by atoms with E-state index in [4.69, 9.17) is 9.84 Å². The Morgan fingerprint density at radius 3 is 2.29 bits per heavy atom. The van der Waals surface area contributed by atoms with Gasteiger partial charge in [0.25, 0.3) is 5.91 Å². The lowest BCUT2D eigenvalue weighted by molar-refractivity contribution is -0.146. The second-order valence-corrected chi connectivity index (χ2v) is 9.09. The van der Waals surface area contributed by atoms with Crippen LogP contribution in [0.3, 0.4) is 0 Å². The number of carbonyl (C=O) groups is 3. The fraction of sp³-hybridized carbons (Fsp3) is 0.308. The average Bonchev–Trinajstić information content (AvgIpc) is 3.33. The van der Waals surface area contributed by atoms with Gasteiger partial charge < -0.3 is 14.7 Å². The molecule has 5 rings (SSSR count). The number of hydrogen-bond acceptors (Lipinski definition) is 5. The van der Waals surface area contributed by atoms with Crippen LogP contribution in [0.2, 0.25) is 0 Å². The molecular weight excluding hydrogens is 448 g/mol. The number of hydrogen-bond donors (Lipinski definition) is 2. The second-order valence-electron chi connectivity index (χ2n) is 9.09. The molecule has 0 unspecified atom stereocenters. The lowest BCUT2D eigenvalue weighted by Crippen LogP contribution is -2.47. The van der Waals surface area contributed by atoms with E-state index in [9.17, 15) is 14.4 Å². The molecule has 3 aromatic rings. The third-order valence-corrected chi connectivity index (χ3v) is 6.95. The number of ether oxygens (including phenoxy) is 1. The Bertz CT molecular complexity index is 1270. The number of nitrogens with one attached hydrogen (secondary N) is 1. The summed E-state index contributed by atoms with van der Waals surface area (Å²) in [4.78, 5) is 38.3. The first-order chi connectivity index (χ1) is 16.8. The van der Waals surface area contributed by atoms with Gasteiger partial charge in [0.1, 0.15) is 12.2 Å². The van der Waals surface area contributed by atoms with Gasteiger partial charge in [0.15, 0.2) is 5.82 Å². The maximum atomic E-state index is 13.0. The number of anilines is 1. The van der Waals surface area contributed by atoms with E-state index in [-0.39, 0.29) is 35.9 Å². The third kappa shape index (κ3) is 4.14. The van der Waals surface area contributed by atoms with E-state index >= 15 is 0 Å². The van der Waals surface area contributed by atoms with Crippen molar-refractivity contribution in [2.45, 2.75) is 24.8 Å². The van der Waals surface area contributed by atoms with E-state index in [0.717, 1.165) is 22.3 Å². The molecule has 0 radical (unpaired) electrons. The smallest absolute Gasteiger partial charge is 0.412 e. The summed E-state index contributed by atoms with van der Waals surface area (Å²) in [6.45, 7) is 0.147. The van der Waals surface area contributed by atoms with Crippen LogP contribution in [0.25, 0.3) is 11.1 Å². The van der Waals surface area contributed by atoms with Crippen molar-refractivity contribution in [2.24, 2.45) is 13.0 Å². The van der Waals surface area contributed by atoms with Crippen molar-refractivity contribution >= 4 is 23.8 Å². The van der Waals surface area contributed by atoms with Crippen LogP contribution in [-0.4, -0.2) is 57.5 Å². The van der Waals surface area contributed by atoms with Gasteiger partial charge >= 0.3 is 12.1 Å². The summed E-state index contributed by atoms with van der Waals surface area (Å²) in [5, 5.41) is 15.9. The highest BCUT2D eigenvalue weighted by Gasteiger charge is 2.39. The van der Waals surface area contributed by atoms with Crippen LogP contribution in [0.4, 0.5) is 10.6 Å². The van der Waals surface area contributed by atoms with Crippen LogP contribution < -0.4 is 5.32 Å². The predicted octanol–water partition coefficient (Wildman–Crippen LogP) is 3.72. The fourth-order valence-electron chi connectivity index (χ4n) is 4.93. The third-order valence-electron chi connectivity index (χ3n) is 6.95. The van der Waals surface area contributed by atoms with Crippen molar-refractivity contribution in [2.75, 3.05) is 19.0 Å². The van der Waals surface area contributed by atoms with Gasteiger partial charge in [-0.2, -0.15) is 5.10 Å². The van der Waals surface area contributed by atoms with Gasteiger partial charge in [-0.25, -0.2) is 4.79 Å². The molecule has 2 aromatic carbocycles. The number of aromatic nitrogens is 2. The summed E-state index contributed by atoms with van der Waals surface area (Å²) in [6.07, 6.45) is 1.66. The molecule has 0 bridgehead atoms. The summed E-state index contributed by atoms with van der Waals surface area (Å²) in [7, 11) is 3.29. The second kappa shape index (κ2) is 8.90. The Hall–Kier alpha value is -4.14. The van der Waals surface area contributed by atoms with Gasteiger partial charge in [0.05, 0.1) is 5.92 Å². The number of nitrogens with zero attached hydrogens (tertiary/aromatic N) is 3. The minimum absolute atomic E-state index is 0.0788. The number of fused-ring (bicyclic) bond motifs is 3. The first-order valence-corrected chi connectivity index (χ1v) is 11.5. The monoisotopic (exact) mass is 474 g/mol. The lowest BCUT2D eigenvalue weighted by Gasteiger charge is -2.39. The molecule has 180 valence electrons. The summed E-state index contributed by atoms with van der Waals surface area (Å²) >= 11 is 0. The summed E-state index contributed by atoms with van der Waals surface area (Å²) < 4.78 is 7.02. The summed E-state index contributed by atoms with van der Waals surface area (Å²) in [6, 6.07) is 16.0. The Labute approximate surface area is 202 Å². The minimum atomic E-state index is -0.846. The Kier molecular flexibility index (Phi) is 5.76. The van der Waals surface area contributed by atoms with Crippen molar-refractivity contribution in [1.82, 2.24) is 14.7 Å². The molecule has 2 aliphatic carbocycles. The van der Waals surface area contributed by atoms with E-state index in [0.29, 0.717) is 12.8 Å². The standard InChI is InChI=1S/C26H26N4O5/c1-29-13-21(24(31)30(2)16-11-15(12-16)25(32)33)23(28-29)27-26(34)35-14-22-19-9-5-3-7-17(19)18-8-4-6-10-20(18)22/h3-10,13,15-16,22H,11-12,14H2,1-2H3,(H,32,33)(H,27,28,34). The lowest BCUT2D eigenvalue weighted by atomic mass is 9.79. The number of carboxylic acids is 1. The van der Waals surface area contributed by atoms with E-state index in [1.165, 1.54) is 15.8 Å². The molecule has 1 fully saturated rings. The maximum absolute atomic E-state index is 13.0. The van der Waals surface area contributed by atoms with Crippen LogP contribution in [0, 0.1) is 5.92 Å². The number of aliphatic carboxylic acids is 1. The first kappa shape index (κ1) is 22.6. The van der Waals surface area contributed by atoms with E-state index < -0.39 is 18.0 Å². The molecular formula is C26H26N4O5. The Morgan fingerprint density at radius 2 is 1.69 bits per heavy atom. The topological polar surface area (TPSA) is 114 Å². The van der Waals surface area contributed by atoms with Crippen LogP contribution in [-0.2, 0) is 16.6 Å². The number of rotatable bonds is 6. The summed E-state index contributed by atoms with van der Waals surface area (Å²) in [5.41, 5.74) is 4.72. The predicted molar refractivity (Wildman–Crippen MR) is 128 cm³/mol. The molecule has 35 heavy (non-hydrogen) atoms. The molecule has 1 saturated carbocycles. The molecule has 1 aromatic heterocycles. The molecule has 2 amide bonds. The van der Waals surface area contributed by atoms with Crippen LogP contribution in [0.15, 0.2) is 54.7 Å². The minimum Gasteiger partial charge on any atom is -0.481 e. The maximum Gasteiger partial charge on any atom is 0.412 e. The average molecular weight is 475 g/mol. The molecule has 0 atom stereocenters. The first-order valence-electron chi connectivity index (χ1n) is 11.5. The molecule has 9 nitrogen and oxygen atoms in total. The molecule has 2 N–H and O–H groups in total. The largest absolute Gasteiger partial charge is 0.481 e. The highest BCUT2D eigenvalue weighted by atomic mass is 16.5. The van der Waals surface area contributed by atoms with Crippen molar-refractivity contribution in [3.63, 3.8) is 0 Å². The number of aryl methyl sites for hydroxylation is 1. The zero-order valence-corrected chi connectivity index (χ0v) is 19.5. The van der Waals surface area contributed by atoms with Gasteiger partial charge in [0.2, 0.25) is 0 Å². The molecule has 0 spiro atoms. The van der Waals surface area contributed by atoms with Crippen molar-refractivity contribution in [1.29, 1.82) is 0 Å². The van der Waals surface area contributed by atoms with Crippen LogP contribution in [0.5, 0.6) is 0 Å². The molecule has 0 aliphatic heterocycles.